The van der Waals surface area contributed by atoms with Crippen LogP contribution in [0.2, 0.25) is 0 Å². The van der Waals surface area contributed by atoms with Gasteiger partial charge in [-0.1, -0.05) is 48.5 Å². The SMILES string of the molecule is O=C(CNC(=O)OCC1c2ccccc2-c2ccccc21)NCC(=O)NOC(C(=O)O)C1CC1. The molecule has 0 saturated heterocycles. The summed E-state index contributed by atoms with van der Waals surface area (Å²) in [5.41, 5.74) is 6.41. The first-order valence-corrected chi connectivity index (χ1v) is 11.0. The molecule has 2 aliphatic rings. The van der Waals surface area contributed by atoms with Gasteiger partial charge in [-0.25, -0.2) is 15.1 Å². The number of aliphatic carboxylic acids is 1. The van der Waals surface area contributed by atoms with Crippen molar-refractivity contribution in [2.45, 2.75) is 24.9 Å². The first-order chi connectivity index (χ1) is 16.4. The van der Waals surface area contributed by atoms with E-state index in [4.69, 9.17) is 14.7 Å². The van der Waals surface area contributed by atoms with Crippen LogP contribution in [0.25, 0.3) is 11.1 Å². The highest BCUT2D eigenvalue weighted by molar-refractivity contribution is 5.87. The van der Waals surface area contributed by atoms with Crippen molar-refractivity contribution < 1.29 is 33.9 Å². The Morgan fingerprint density at radius 3 is 2.06 bits per heavy atom. The van der Waals surface area contributed by atoms with Crippen LogP contribution in [0.4, 0.5) is 4.79 Å². The topological polar surface area (TPSA) is 143 Å². The van der Waals surface area contributed by atoms with E-state index in [2.05, 4.69) is 10.6 Å². The number of hydrogen-bond acceptors (Lipinski definition) is 6. The van der Waals surface area contributed by atoms with Crippen LogP contribution >= 0.6 is 0 Å². The van der Waals surface area contributed by atoms with E-state index in [1.54, 1.807) is 0 Å². The van der Waals surface area contributed by atoms with Gasteiger partial charge in [-0.05, 0) is 41.0 Å². The number of carboxylic acids is 1. The Bertz CT molecular complexity index is 1050. The maximum absolute atomic E-state index is 12.1. The molecule has 1 unspecified atom stereocenters. The quantitative estimate of drug-likeness (QED) is 0.388. The summed E-state index contributed by atoms with van der Waals surface area (Å²) < 4.78 is 5.35. The van der Waals surface area contributed by atoms with Gasteiger partial charge in [-0.3, -0.25) is 14.4 Å². The summed E-state index contributed by atoms with van der Waals surface area (Å²) in [5, 5.41) is 13.7. The third kappa shape index (κ3) is 5.52. The summed E-state index contributed by atoms with van der Waals surface area (Å²) in [6.45, 7) is -0.695. The van der Waals surface area contributed by atoms with E-state index in [1.165, 1.54) is 0 Å². The van der Waals surface area contributed by atoms with Crippen LogP contribution in [-0.4, -0.2) is 54.8 Å². The molecular weight excluding hydrogens is 442 g/mol. The zero-order chi connectivity index (χ0) is 24.1. The number of carboxylic acid groups (broad SMARTS) is 1. The number of ether oxygens (including phenoxy) is 1. The van der Waals surface area contributed by atoms with E-state index in [9.17, 15) is 19.2 Å². The molecule has 10 heteroatoms. The molecule has 0 aliphatic heterocycles. The molecule has 3 amide bonds. The fourth-order valence-corrected chi connectivity index (χ4v) is 3.96. The van der Waals surface area contributed by atoms with E-state index in [0.717, 1.165) is 35.1 Å². The minimum atomic E-state index is -1.15. The molecule has 2 aromatic rings. The second-order valence-electron chi connectivity index (χ2n) is 8.20. The van der Waals surface area contributed by atoms with Gasteiger partial charge in [0.15, 0.2) is 6.10 Å². The summed E-state index contributed by atoms with van der Waals surface area (Å²) in [6, 6.07) is 15.9. The second-order valence-corrected chi connectivity index (χ2v) is 8.20. The third-order valence-electron chi connectivity index (χ3n) is 5.78. The molecule has 0 spiro atoms. The van der Waals surface area contributed by atoms with Crippen molar-refractivity contribution in [1.82, 2.24) is 16.1 Å². The smallest absolute Gasteiger partial charge is 0.407 e. The molecule has 0 heterocycles. The van der Waals surface area contributed by atoms with Crippen LogP contribution in [-0.2, 0) is 24.0 Å². The van der Waals surface area contributed by atoms with Gasteiger partial charge in [0.1, 0.15) is 13.2 Å². The van der Waals surface area contributed by atoms with Gasteiger partial charge >= 0.3 is 12.1 Å². The first kappa shape index (κ1) is 23.2. The summed E-state index contributed by atoms with van der Waals surface area (Å²) in [4.78, 5) is 51.7. The van der Waals surface area contributed by atoms with Gasteiger partial charge in [0.05, 0.1) is 6.54 Å². The monoisotopic (exact) mass is 467 g/mol. The van der Waals surface area contributed by atoms with Crippen molar-refractivity contribution in [2.75, 3.05) is 19.7 Å². The predicted octanol–water partition coefficient (Wildman–Crippen LogP) is 1.55. The van der Waals surface area contributed by atoms with Gasteiger partial charge in [-0.2, -0.15) is 0 Å². The molecule has 2 aliphatic carbocycles. The summed E-state index contributed by atoms with van der Waals surface area (Å²) in [6.07, 6.45) is -0.399. The highest BCUT2D eigenvalue weighted by Crippen LogP contribution is 2.44. The first-order valence-electron chi connectivity index (χ1n) is 11.0. The Morgan fingerprint density at radius 1 is 0.882 bits per heavy atom. The van der Waals surface area contributed by atoms with Crippen LogP contribution in [0.1, 0.15) is 29.9 Å². The fraction of sp³-hybridized carbons (Fsp3) is 0.333. The second kappa shape index (κ2) is 10.3. The number of alkyl carbamates (subject to hydrolysis) is 1. The number of hydrogen-bond donors (Lipinski definition) is 4. The maximum Gasteiger partial charge on any atom is 0.407 e. The lowest BCUT2D eigenvalue weighted by Crippen LogP contribution is -2.44. The number of fused-ring (bicyclic) bond motifs is 3. The Balaban J connectivity index is 1.17. The number of nitrogens with one attached hydrogen (secondary N) is 3. The van der Waals surface area contributed by atoms with Crippen molar-refractivity contribution in [3.8, 4) is 11.1 Å². The van der Waals surface area contributed by atoms with Crippen molar-refractivity contribution in [1.29, 1.82) is 0 Å². The third-order valence-corrected chi connectivity index (χ3v) is 5.78. The van der Waals surface area contributed by atoms with E-state index >= 15 is 0 Å². The summed E-state index contributed by atoms with van der Waals surface area (Å²) in [7, 11) is 0. The standard InChI is InChI=1S/C24H25N3O7/c28-20(25-12-21(29)27-34-22(23(30)31)14-9-10-14)11-26-24(32)33-13-19-17-7-3-1-5-15(17)16-6-2-4-8-18(16)19/h1-8,14,19,22H,9-13H2,(H,25,28)(H,26,32)(H,27,29)(H,30,31). The molecule has 2 aromatic carbocycles. The Morgan fingerprint density at radius 2 is 1.47 bits per heavy atom. The summed E-state index contributed by atoms with van der Waals surface area (Å²) in [5.74, 6) is -2.68. The highest BCUT2D eigenvalue weighted by atomic mass is 16.7. The minimum absolute atomic E-state index is 0.0964. The van der Waals surface area contributed by atoms with Crippen LogP contribution in [0, 0.1) is 5.92 Å². The Labute approximate surface area is 195 Å². The average molecular weight is 467 g/mol. The number of benzene rings is 2. The number of amides is 3. The number of carbonyl (C=O) groups excluding carboxylic acids is 3. The molecule has 0 aromatic heterocycles. The number of carbonyl (C=O) groups is 4. The van der Waals surface area contributed by atoms with E-state index in [0.29, 0.717) is 0 Å². The van der Waals surface area contributed by atoms with E-state index < -0.39 is 36.5 Å². The van der Waals surface area contributed by atoms with Gasteiger partial charge in [0.2, 0.25) is 5.91 Å². The molecule has 1 atom stereocenters. The largest absolute Gasteiger partial charge is 0.479 e. The lowest BCUT2D eigenvalue weighted by molar-refractivity contribution is -0.162. The van der Waals surface area contributed by atoms with E-state index in [1.807, 2.05) is 54.0 Å². The van der Waals surface area contributed by atoms with Crippen LogP contribution < -0.4 is 16.1 Å². The molecule has 0 bridgehead atoms. The Kier molecular flexibility index (Phi) is 7.07. The molecule has 34 heavy (non-hydrogen) atoms. The fourth-order valence-electron chi connectivity index (χ4n) is 3.96. The van der Waals surface area contributed by atoms with Crippen molar-refractivity contribution in [3.05, 3.63) is 59.7 Å². The zero-order valence-corrected chi connectivity index (χ0v) is 18.3. The van der Waals surface area contributed by atoms with Crippen LogP contribution in [0.15, 0.2) is 48.5 Å². The normalized spacial score (nSPS) is 14.9. The predicted molar refractivity (Wildman–Crippen MR) is 119 cm³/mol. The molecular formula is C24H25N3O7. The zero-order valence-electron chi connectivity index (χ0n) is 18.3. The molecule has 0 radical (unpaired) electrons. The number of hydroxylamine groups is 1. The van der Waals surface area contributed by atoms with Gasteiger partial charge in [-0.15, -0.1) is 0 Å². The Hall–Kier alpha value is -3.92. The maximum atomic E-state index is 12.1. The van der Waals surface area contributed by atoms with Crippen LogP contribution in [0.3, 0.4) is 0 Å². The van der Waals surface area contributed by atoms with Crippen molar-refractivity contribution in [3.63, 3.8) is 0 Å². The number of rotatable bonds is 10. The highest BCUT2D eigenvalue weighted by Gasteiger charge is 2.38. The molecule has 4 N–H and O–H groups in total. The molecule has 4 rings (SSSR count). The van der Waals surface area contributed by atoms with Gasteiger partial charge in [0, 0.05) is 5.92 Å². The van der Waals surface area contributed by atoms with Gasteiger partial charge in [0.25, 0.3) is 5.91 Å². The lowest BCUT2D eigenvalue weighted by Gasteiger charge is -2.15. The van der Waals surface area contributed by atoms with Gasteiger partial charge < -0.3 is 20.5 Å². The lowest BCUT2D eigenvalue weighted by atomic mass is 9.98. The average Bonchev–Trinajstić information content (AvgIpc) is 3.62. The van der Waals surface area contributed by atoms with E-state index in [-0.39, 0.29) is 25.0 Å². The van der Waals surface area contributed by atoms with Crippen molar-refractivity contribution in [2.24, 2.45) is 5.92 Å². The van der Waals surface area contributed by atoms with Crippen LogP contribution in [0.5, 0.6) is 0 Å². The minimum Gasteiger partial charge on any atom is -0.479 e. The molecule has 1 fully saturated rings. The molecule has 1 saturated carbocycles. The molecule has 10 nitrogen and oxygen atoms in total. The van der Waals surface area contributed by atoms with Crippen molar-refractivity contribution >= 4 is 23.9 Å². The molecule has 178 valence electrons. The summed E-state index contributed by atoms with van der Waals surface area (Å²) >= 11 is 0.